The number of carbonyl (C=O) groups excluding carboxylic acids is 1. The van der Waals surface area contributed by atoms with Gasteiger partial charge in [-0.15, -0.1) is 0 Å². The van der Waals surface area contributed by atoms with Gasteiger partial charge in [0.15, 0.2) is 6.10 Å². The van der Waals surface area contributed by atoms with Crippen molar-refractivity contribution in [2.75, 3.05) is 13.2 Å². The van der Waals surface area contributed by atoms with E-state index in [1.807, 2.05) is 54.6 Å². The van der Waals surface area contributed by atoms with E-state index in [-0.39, 0.29) is 5.91 Å². The second kappa shape index (κ2) is 8.10. The molecule has 1 atom stereocenters. The summed E-state index contributed by atoms with van der Waals surface area (Å²) in [5, 5.41) is 3.56. The number of aromatic nitrogens is 2. The van der Waals surface area contributed by atoms with Crippen LogP contribution in [0.3, 0.4) is 0 Å². The van der Waals surface area contributed by atoms with E-state index in [0.717, 1.165) is 16.7 Å². The molecule has 1 heterocycles. The Kier molecular flexibility index (Phi) is 5.41. The highest BCUT2D eigenvalue weighted by Crippen LogP contribution is 2.21. The van der Waals surface area contributed by atoms with E-state index in [9.17, 15) is 4.79 Å². The Morgan fingerprint density at radius 1 is 1.08 bits per heavy atom. The van der Waals surface area contributed by atoms with Gasteiger partial charge < -0.3 is 14.8 Å². The fourth-order valence-corrected chi connectivity index (χ4v) is 2.30. The summed E-state index contributed by atoms with van der Waals surface area (Å²) < 4.78 is 11.2. The van der Waals surface area contributed by atoms with Crippen LogP contribution in [0.5, 0.6) is 11.6 Å². The highest BCUT2D eigenvalue weighted by atomic mass is 16.5. The zero-order valence-electron chi connectivity index (χ0n) is 13.9. The quantitative estimate of drug-likeness (QED) is 0.671. The van der Waals surface area contributed by atoms with Crippen LogP contribution in [0.4, 0.5) is 0 Å². The van der Waals surface area contributed by atoms with Gasteiger partial charge in [0, 0.05) is 0 Å². The van der Waals surface area contributed by atoms with Gasteiger partial charge in [-0.1, -0.05) is 30.3 Å². The number of carbonyl (C=O) groups is 1. The van der Waals surface area contributed by atoms with E-state index in [1.54, 1.807) is 6.92 Å². The first kappa shape index (κ1) is 16.7. The lowest BCUT2D eigenvalue weighted by atomic mass is 10.2. The molecule has 0 aliphatic carbocycles. The van der Waals surface area contributed by atoms with Crippen molar-refractivity contribution in [1.29, 1.82) is 0 Å². The van der Waals surface area contributed by atoms with E-state index in [0.29, 0.717) is 19.0 Å². The van der Waals surface area contributed by atoms with Crippen molar-refractivity contribution >= 4 is 16.8 Å². The average Bonchev–Trinajstić information content (AvgIpc) is 2.66. The summed E-state index contributed by atoms with van der Waals surface area (Å²) in [6, 6.07) is 17.0. The van der Waals surface area contributed by atoms with Crippen LogP contribution >= 0.6 is 0 Å². The molecule has 0 spiro atoms. The number of fused-ring (bicyclic) bond motifs is 1. The first-order valence-electron chi connectivity index (χ1n) is 8.06. The molecule has 128 valence electrons. The molecule has 0 saturated carbocycles. The number of nitrogens with zero attached hydrogens (tertiary/aromatic N) is 2. The average molecular weight is 337 g/mol. The maximum atomic E-state index is 12.2. The van der Waals surface area contributed by atoms with Crippen LogP contribution in [0, 0.1) is 0 Å². The van der Waals surface area contributed by atoms with Crippen molar-refractivity contribution in [1.82, 2.24) is 15.3 Å². The normalized spacial score (nSPS) is 11.7. The minimum absolute atomic E-state index is 0.223. The first-order chi connectivity index (χ1) is 12.2. The molecule has 0 fully saturated rings. The maximum Gasteiger partial charge on any atom is 0.260 e. The molecule has 3 rings (SSSR count). The predicted molar refractivity (Wildman–Crippen MR) is 94.6 cm³/mol. The molecule has 1 unspecified atom stereocenters. The van der Waals surface area contributed by atoms with E-state index in [2.05, 4.69) is 15.3 Å². The summed E-state index contributed by atoms with van der Waals surface area (Å²) in [5.74, 6) is 0.946. The summed E-state index contributed by atoms with van der Waals surface area (Å²) >= 11 is 0. The van der Waals surface area contributed by atoms with Gasteiger partial charge in [-0.25, -0.2) is 9.97 Å². The largest absolute Gasteiger partial charge is 0.492 e. The third kappa shape index (κ3) is 4.44. The molecule has 6 heteroatoms. The minimum Gasteiger partial charge on any atom is -0.492 e. The molecule has 0 saturated heterocycles. The van der Waals surface area contributed by atoms with Crippen LogP contribution in [-0.4, -0.2) is 35.1 Å². The Morgan fingerprint density at radius 3 is 2.68 bits per heavy atom. The van der Waals surface area contributed by atoms with Gasteiger partial charge in [-0.05, 0) is 31.2 Å². The second-order valence-electron chi connectivity index (χ2n) is 5.41. The topological polar surface area (TPSA) is 73.3 Å². The molecule has 1 aromatic heterocycles. The van der Waals surface area contributed by atoms with Crippen molar-refractivity contribution < 1.29 is 14.3 Å². The molecule has 6 nitrogen and oxygen atoms in total. The lowest BCUT2D eigenvalue weighted by Gasteiger charge is -2.15. The van der Waals surface area contributed by atoms with Gasteiger partial charge in [0.05, 0.1) is 17.4 Å². The van der Waals surface area contributed by atoms with Crippen LogP contribution < -0.4 is 14.8 Å². The summed E-state index contributed by atoms with van der Waals surface area (Å²) in [5.41, 5.74) is 0.774. The van der Waals surface area contributed by atoms with Gasteiger partial charge in [-0.3, -0.25) is 4.79 Å². The Labute approximate surface area is 145 Å². The SMILES string of the molecule is CC(Oc1ncnc2ccccc12)C(=O)NCCOc1ccccc1. The summed E-state index contributed by atoms with van der Waals surface area (Å²) in [6.07, 6.45) is 0.755. The molecule has 1 N–H and O–H groups in total. The van der Waals surface area contributed by atoms with Gasteiger partial charge in [0.2, 0.25) is 5.88 Å². The fraction of sp³-hybridized carbons (Fsp3) is 0.211. The van der Waals surface area contributed by atoms with Crippen molar-refractivity contribution in [3.8, 4) is 11.6 Å². The number of ether oxygens (including phenoxy) is 2. The highest BCUT2D eigenvalue weighted by molar-refractivity contribution is 5.84. The third-order valence-corrected chi connectivity index (χ3v) is 3.58. The van der Waals surface area contributed by atoms with Gasteiger partial charge in [-0.2, -0.15) is 0 Å². The number of benzene rings is 2. The summed E-state index contributed by atoms with van der Waals surface area (Å²) in [7, 11) is 0. The molecule has 3 aromatic rings. The van der Waals surface area contributed by atoms with Gasteiger partial charge in [0.25, 0.3) is 5.91 Å². The number of hydrogen-bond donors (Lipinski definition) is 1. The number of hydrogen-bond acceptors (Lipinski definition) is 5. The van der Waals surface area contributed by atoms with Crippen LogP contribution in [0.2, 0.25) is 0 Å². The molecular weight excluding hydrogens is 318 g/mol. The third-order valence-electron chi connectivity index (χ3n) is 3.58. The summed E-state index contributed by atoms with van der Waals surface area (Å²) in [4.78, 5) is 20.5. The zero-order chi connectivity index (χ0) is 17.5. The lowest BCUT2D eigenvalue weighted by Crippen LogP contribution is -2.38. The second-order valence-corrected chi connectivity index (χ2v) is 5.41. The molecule has 0 aliphatic heterocycles. The van der Waals surface area contributed by atoms with Crippen molar-refractivity contribution in [3.63, 3.8) is 0 Å². The van der Waals surface area contributed by atoms with Crippen LogP contribution in [0.15, 0.2) is 60.9 Å². The Bertz CT molecular complexity index is 834. The number of rotatable bonds is 7. The van der Waals surface area contributed by atoms with Gasteiger partial charge in [0.1, 0.15) is 18.7 Å². The van der Waals surface area contributed by atoms with Crippen LogP contribution in [0.25, 0.3) is 10.9 Å². The Hall–Kier alpha value is -3.15. The van der Waals surface area contributed by atoms with E-state index < -0.39 is 6.10 Å². The minimum atomic E-state index is -0.671. The summed E-state index contributed by atoms with van der Waals surface area (Å²) in [6.45, 7) is 2.47. The predicted octanol–water partition coefficient (Wildman–Crippen LogP) is 2.59. The Morgan fingerprint density at radius 2 is 1.84 bits per heavy atom. The van der Waals surface area contributed by atoms with E-state index in [4.69, 9.17) is 9.47 Å². The van der Waals surface area contributed by atoms with Crippen LogP contribution in [0.1, 0.15) is 6.92 Å². The molecule has 25 heavy (non-hydrogen) atoms. The smallest absolute Gasteiger partial charge is 0.260 e. The number of nitrogens with one attached hydrogen (secondary N) is 1. The Balaban J connectivity index is 1.50. The van der Waals surface area contributed by atoms with Crippen molar-refractivity contribution in [2.24, 2.45) is 0 Å². The molecule has 0 radical (unpaired) electrons. The van der Waals surface area contributed by atoms with E-state index in [1.165, 1.54) is 6.33 Å². The fourth-order valence-electron chi connectivity index (χ4n) is 2.30. The molecule has 1 amide bonds. The maximum absolute atomic E-state index is 12.2. The molecule has 2 aromatic carbocycles. The number of para-hydroxylation sites is 2. The van der Waals surface area contributed by atoms with E-state index >= 15 is 0 Å². The van der Waals surface area contributed by atoms with Crippen LogP contribution in [-0.2, 0) is 4.79 Å². The standard InChI is InChI=1S/C19H19N3O3/c1-14(18(23)20-11-12-24-15-7-3-2-4-8-15)25-19-16-9-5-6-10-17(16)21-13-22-19/h2-10,13-14H,11-12H2,1H3,(H,20,23). The molecule has 0 bridgehead atoms. The lowest BCUT2D eigenvalue weighted by molar-refractivity contribution is -0.127. The highest BCUT2D eigenvalue weighted by Gasteiger charge is 2.16. The zero-order valence-corrected chi connectivity index (χ0v) is 13.9. The monoisotopic (exact) mass is 337 g/mol. The van der Waals surface area contributed by atoms with Gasteiger partial charge >= 0.3 is 0 Å². The van der Waals surface area contributed by atoms with Crippen molar-refractivity contribution in [3.05, 3.63) is 60.9 Å². The van der Waals surface area contributed by atoms with Crippen molar-refractivity contribution in [2.45, 2.75) is 13.0 Å². The first-order valence-corrected chi connectivity index (χ1v) is 8.06. The molecular formula is C19H19N3O3. The number of amides is 1. The molecule has 0 aliphatic rings.